The molecule has 1 N–H and O–H groups in total. The second-order valence-corrected chi connectivity index (χ2v) is 3.89. The zero-order valence-electron chi connectivity index (χ0n) is 9.68. The highest BCUT2D eigenvalue weighted by Crippen LogP contribution is 2.09. The molecule has 2 rings (SSSR count). The van der Waals surface area contributed by atoms with Crippen LogP contribution in [0, 0.1) is 6.92 Å². The van der Waals surface area contributed by atoms with E-state index in [0.29, 0.717) is 6.42 Å². The summed E-state index contributed by atoms with van der Waals surface area (Å²) in [6, 6.07) is 11.4. The minimum atomic E-state index is -0.00880. The van der Waals surface area contributed by atoms with Crippen LogP contribution in [0.15, 0.2) is 48.8 Å². The first-order chi connectivity index (χ1) is 8.25. The van der Waals surface area contributed by atoms with Crippen molar-refractivity contribution in [2.45, 2.75) is 13.3 Å². The predicted molar refractivity (Wildman–Crippen MR) is 67.7 cm³/mol. The van der Waals surface area contributed by atoms with Crippen LogP contribution in [0.3, 0.4) is 0 Å². The largest absolute Gasteiger partial charge is 0.326 e. The topological polar surface area (TPSA) is 42.0 Å². The number of aryl methyl sites for hydroxylation is 1. The number of benzene rings is 1. The number of anilines is 1. The summed E-state index contributed by atoms with van der Waals surface area (Å²) in [6.07, 6.45) is 3.71. The number of nitrogens with one attached hydrogen (secondary N) is 1. The van der Waals surface area contributed by atoms with Crippen LogP contribution in [0.4, 0.5) is 5.69 Å². The van der Waals surface area contributed by atoms with Crippen LogP contribution in [0.1, 0.15) is 11.1 Å². The maximum Gasteiger partial charge on any atom is 0.228 e. The maximum absolute atomic E-state index is 11.8. The SMILES string of the molecule is Cc1ccccc1CC(=O)Nc1ccncc1. The van der Waals surface area contributed by atoms with Gasteiger partial charge in [0.1, 0.15) is 0 Å². The van der Waals surface area contributed by atoms with Gasteiger partial charge in [-0.3, -0.25) is 9.78 Å². The molecule has 17 heavy (non-hydrogen) atoms. The molecule has 0 radical (unpaired) electrons. The van der Waals surface area contributed by atoms with Crippen molar-refractivity contribution >= 4 is 11.6 Å². The van der Waals surface area contributed by atoms with Gasteiger partial charge in [0, 0.05) is 18.1 Å². The number of pyridine rings is 1. The van der Waals surface area contributed by atoms with Crippen molar-refractivity contribution in [1.29, 1.82) is 0 Å². The number of nitrogens with zero attached hydrogens (tertiary/aromatic N) is 1. The molecule has 1 amide bonds. The molecule has 0 aliphatic carbocycles. The van der Waals surface area contributed by atoms with E-state index in [1.807, 2.05) is 31.2 Å². The molecule has 3 heteroatoms. The fraction of sp³-hybridized carbons (Fsp3) is 0.143. The molecule has 0 aliphatic rings. The van der Waals surface area contributed by atoms with Crippen molar-refractivity contribution in [2.75, 3.05) is 5.32 Å². The lowest BCUT2D eigenvalue weighted by Gasteiger charge is -2.06. The molecule has 0 atom stereocenters. The number of amides is 1. The first kappa shape index (κ1) is 11.3. The first-order valence-electron chi connectivity index (χ1n) is 5.50. The van der Waals surface area contributed by atoms with Crippen LogP contribution in [0.2, 0.25) is 0 Å². The molecule has 0 aliphatic heterocycles. The van der Waals surface area contributed by atoms with Crippen LogP contribution >= 0.6 is 0 Å². The highest BCUT2D eigenvalue weighted by Gasteiger charge is 2.05. The Morgan fingerprint density at radius 1 is 1.18 bits per heavy atom. The molecule has 0 fully saturated rings. The van der Waals surface area contributed by atoms with Gasteiger partial charge in [0.25, 0.3) is 0 Å². The second kappa shape index (κ2) is 5.25. The summed E-state index contributed by atoms with van der Waals surface area (Å²) in [5.41, 5.74) is 2.97. The van der Waals surface area contributed by atoms with E-state index in [2.05, 4.69) is 10.3 Å². The smallest absolute Gasteiger partial charge is 0.228 e. The average molecular weight is 226 g/mol. The number of rotatable bonds is 3. The summed E-state index contributed by atoms with van der Waals surface area (Å²) in [7, 11) is 0. The zero-order valence-corrected chi connectivity index (χ0v) is 9.68. The molecule has 86 valence electrons. The third-order valence-corrected chi connectivity index (χ3v) is 2.58. The molecule has 1 aromatic heterocycles. The van der Waals surface area contributed by atoms with Crippen LogP contribution in [0.5, 0.6) is 0 Å². The second-order valence-electron chi connectivity index (χ2n) is 3.89. The Kier molecular flexibility index (Phi) is 3.50. The van der Waals surface area contributed by atoms with Crippen LogP contribution in [0.25, 0.3) is 0 Å². The molecule has 1 heterocycles. The quantitative estimate of drug-likeness (QED) is 0.874. The number of carbonyl (C=O) groups excluding carboxylic acids is 1. The Hall–Kier alpha value is -2.16. The molecule has 0 bridgehead atoms. The predicted octanol–water partition coefficient (Wildman–Crippen LogP) is 2.57. The van der Waals surface area contributed by atoms with E-state index in [1.54, 1.807) is 24.5 Å². The lowest BCUT2D eigenvalue weighted by Crippen LogP contribution is -2.14. The average Bonchev–Trinajstić information content (AvgIpc) is 2.33. The van der Waals surface area contributed by atoms with Crippen LogP contribution < -0.4 is 5.32 Å². The Bertz CT molecular complexity index is 509. The van der Waals surface area contributed by atoms with Crippen LogP contribution in [-0.4, -0.2) is 10.9 Å². The maximum atomic E-state index is 11.8. The van der Waals surface area contributed by atoms with Crippen LogP contribution in [-0.2, 0) is 11.2 Å². The number of hydrogen-bond acceptors (Lipinski definition) is 2. The minimum Gasteiger partial charge on any atom is -0.326 e. The summed E-state index contributed by atoms with van der Waals surface area (Å²) in [4.78, 5) is 15.7. The van der Waals surface area contributed by atoms with E-state index >= 15 is 0 Å². The van der Waals surface area contributed by atoms with Crippen molar-refractivity contribution in [1.82, 2.24) is 4.98 Å². The summed E-state index contributed by atoms with van der Waals surface area (Å²) < 4.78 is 0. The minimum absolute atomic E-state index is 0.00880. The van der Waals surface area contributed by atoms with Gasteiger partial charge in [-0.1, -0.05) is 24.3 Å². The number of carbonyl (C=O) groups is 1. The van der Waals surface area contributed by atoms with Gasteiger partial charge in [0.05, 0.1) is 6.42 Å². The molecule has 1 aromatic carbocycles. The highest BCUT2D eigenvalue weighted by atomic mass is 16.1. The number of aromatic nitrogens is 1. The molecule has 0 unspecified atom stereocenters. The monoisotopic (exact) mass is 226 g/mol. The Morgan fingerprint density at radius 3 is 2.59 bits per heavy atom. The summed E-state index contributed by atoms with van der Waals surface area (Å²) in [5, 5.41) is 2.84. The summed E-state index contributed by atoms with van der Waals surface area (Å²) in [6.45, 7) is 2.01. The molecule has 3 nitrogen and oxygen atoms in total. The molecule has 0 saturated carbocycles. The van der Waals surface area contributed by atoms with E-state index < -0.39 is 0 Å². The van der Waals surface area contributed by atoms with Gasteiger partial charge >= 0.3 is 0 Å². The lowest BCUT2D eigenvalue weighted by atomic mass is 10.1. The Morgan fingerprint density at radius 2 is 1.88 bits per heavy atom. The summed E-state index contributed by atoms with van der Waals surface area (Å²) >= 11 is 0. The third-order valence-electron chi connectivity index (χ3n) is 2.58. The van der Waals surface area contributed by atoms with E-state index in [1.165, 1.54) is 0 Å². The standard InChI is InChI=1S/C14H14N2O/c1-11-4-2-3-5-12(11)10-14(17)16-13-6-8-15-9-7-13/h2-9H,10H2,1H3,(H,15,16,17). The van der Waals surface area contributed by atoms with Crippen molar-refractivity contribution in [3.63, 3.8) is 0 Å². The van der Waals surface area contributed by atoms with Crippen molar-refractivity contribution < 1.29 is 4.79 Å². The molecular weight excluding hydrogens is 212 g/mol. The van der Waals surface area contributed by atoms with E-state index in [0.717, 1.165) is 16.8 Å². The summed E-state index contributed by atoms with van der Waals surface area (Å²) in [5.74, 6) is -0.00880. The lowest BCUT2D eigenvalue weighted by molar-refractivity contribution is -0.115. The van der Waals surface area contributed by atoms with E-state index in [9.17, 15) is 4.79 Å². The van der Waals surface area contributed by atoms with Gasteiger partial charge in [-0.2, -0.15) is 0 Å². The van der Waals surface area contributed by atoms with Crippen molar-refractivity contribution in [2.24, 2.45) is 0 Å². The Balaban J connectivity index is 2.01. The highest BCUT2D eigenvalue weighted by molar-refractivity contribution is 5.92. The molecule has 2 aromatic rings. The van der Waals surface area contributed by atoms with Gasteiger partial charge in [0.2, 0.25) is 5.91 Å². The van der Waals surface area contributed by atoms with Gasteiger partial charge in [-0.25, -0.2) is 0 Å². The first-order valence-corrected chi connectivity index (χ1v) is 5.50. The normalized spacial score (nSPS) is 9.94. The van der Waals surface area contributed by atoms with E-state index in [4.69, 9.17) is 0 Å². The fourth-order valence-corrected chi connectivity index (χ4v) is 1.62. The Labute approximate surface area is 101 Å². The molecule has 0 spiro atoms. The number of hydrogen-bond donors (Lipinski definition) is 1. The van der Waals surface area contributed by atoms with Crippen molar-refractivity contribution in [3.8, 4) is 0 Å². The molecule has 0 saturated heterocycles. The van der Waals surface area contributed by atoms with E-state index in [-0.39, 0.29) is 5.91 Å². The fourth-order valence-electron chi connectivity index (χ4n) is 1.62. The van der Waals surface area contributed by atoms with Crippen molar-refractivity contribution in [3.05, 3.63) is 59.9 Å². The van der Waals surface area contributed by atoms with Gasteiger partial charge in [0.15, 0.2) is 0 Å². The molecular formula is C14H14N2O. The van der Waals surface area contributed by atoms with Gasteiger partial charge in [-0.15, -0.1) is 0 Å². The van der Waals surface area contributed by atoms with Gasteiger partial charge < -0.3 is 5.32 Å². The third kappa shape index (κ3) is 3.14. The zero-order chi connectivity index (χ0) is 12.1. The van der Waals surface area contributed by atoms with Gasteiger partial charge in [-0.05, 0) is 30.2 Å².